The van der Waals surface area contributed by atoms with Gasteiger partial charge in [0.2, 0.25) is 5.95 Å². The molecule has 1 aromatic heterocycles. The summed E-state index contributed by atoms with van der Waals surface area (Å²) in [6, 6.07) is 14.9. The van der Waals surface area contributed by atoms with E-state index in [-0.39, 0.29) is 11.6 Å². The number of aromatic nitrogens is 2. The van der Waals surface area contributed by atoms with Crippen LogP contribution in [0.5, 0.6) is 0 Å². The summed E-state index contributed by atoms with van der Waals surface area (Å²) in [7, 11) is 0. The van der Waals surface area contributed by atoms with E-state index in [1.54, 1.807) is 36.5 Å². The number of benzene rings is 2. The first kappa shape index (κ1) is 17.8. The van der Waals surface area contributed by atoms with Crippen molar-refractivity contribution < 1.29 is 8.78 Å². The van der Waals surface area contributed by atoms with E-state index in [0.717, 1.165) is 12.0 Å². The second-order valence-corrected chi connectivity index (χ2v) is 5.84. The molecule has 0 aliphatic heterocycles. The minimum Gasteiger partial charge on any atom is -0.370 e. The monoisotopic (exact) mass is 354 g/mol. The van der Waals surface area contributed by atoms with Gasteiger partial charge in [0.1, 0.15) is 17.5 Å². The van der Waals surface area contributed by atoms with Gasteiger partial charge >= 0.3 is 0 Å². The fraction of sp³-hybridized carbons (Fsp3) is 0.200. The van der Waals surface area contributed by atoms with Gasteiger partial charge in [-0.3, -0.25) is 0 Å². The number of halogens is 2. The zero-order valence-electron chi connectivity index (χ0n) is 14.3. The van der Waals surface area contributed by atoms with Crippen LogP contribution in [0.2, 0.25) is 0 Å². The van der Waals surface area contributed by atoms with Gasteiger partial charge in [-0.15, -0.1) is 0 Å². The molecule has 6 heteroatoms. The minimum absolute atomic E-state index is 0.194. The highest BCUT2D eigenvalue weighted by atomic mass is 19.1. The molecule has 0 bridgehead atoms. The van der Waals surface area contributed by atoms with E-state index in [4.69, 9.17) is 0 Å². The van der Waals surface area contributed by atoms with Gasteiger partial charge in [0, 0.05) is 19.3 Å². The molecule has 0 aliphatic rings. The van der Waals surface area contributed by atoms with Gasteiger partial charge in [-0.1, -0.05) is 30.3 Å². The maximum Gasteiger partial charge on any atom is 0.224 e. The molecule has 0 radical (unpaired) electrons. The molecule has 0 spiro atoms. The van der Waals surface area contributed by atoms with Crippen molar-refractivity contribution in [2.45, 2.75) is 12.8 Å². The highest BCUT2D eigenvalue weighted by Gasteiger charge is 2.02. The lowest BCUT2D eigenvalue weighted by Gasteiger charge is -2.09. The first-order valence-corrected chi connectivity index (χ1v) is 8.49. The summed E-state index contributed by atoms with van der Waals surface area (Å²) in [6.07, 6.45) is 2.98. The van der Waals surface area contributed by atoms with Crippen molar-refractivity contribution in [1.29, 1.82) is 0 Å². The van der Waals surface area contributed by atoms with Crippen molar-refractivity contribution in [2.75, 3.05) is 23.7 Å². The van der Waals surface area contributed by atoms with Crippen LogP contribution in [0.1, 0.15) is 11.1 Å². The van der Waals surface area contributed by atoms with E-state index in [1.807, 2.05) is 6.07 Å². The largest absolute Gasteiger partial charge is 0.370 e. The number of hydrogen-bond acceptors (Lipinski definition) is 4. The van der Waals surface area contributed by atoms with Crippen LogP contribution in [0.25, 0.3) is 0 Å². The smallest absolute Gasteiger partial charge is 0.224 e. The van der Waals surface area contributed by atoms with Crippen LogP contribution in [-0.2, 0) is 12.8 Å². The van der Waals surface area contributed by atoms with Crippen molar-refractivity contribution in [1.82, 2.24) is 9.97 Å². The maximum absolute atomic E-state index is 13.6. The van der Waals surface area contributed by atoms with Crippen LogP contribution >= 0.6 is 0 Å². The molecule has 3 aromatic rings. The summed E-state index contributed by atoms with van der Waals surface area (Å²) in [4.78, 5) is 8.57. The lowest BCUT2D eigenvalue weighted by molar-refractivity contribution is 0.610. The molecule has 3 rings (SSSR count). The highest BCUT2D eigenvalue weighted by molar-refractivity contribution is 5.39. The number of anilines is 2. The van der Waals surface area contributed by atoms with Crippen molar-refractivity contribution in [3.8, 4) is 0 Å². The number of rotatable bonds is 8. The van der Waals surface area contributed by atoms with Gasteiger partial charge in [-0.05, 0) is 48.2 Å². The third-order valence-corrected chi connectivity index (χ3v) is 3.92. The van der Waals surface area contributed by atoms with E-state index in [2.05, 4.69) is 20.6 Å². The van der Waals surface area contributed by atoms with Crippen LogP contribution in [0.15, 0.2) is 60.8 Å². The Kier molecular flexibility index (Phi) is 6.09. The Labute approximate surface area is 151 Å². The van der Waals surface area contributed by atoms with Gasteiger partial charge in [-0.25, -0.2) is 13.8 Å². The summed E-state index contributed by atoms with van der Waals surface area (Å²) in [5, 5.41) is 6.33. The van der Waals surface area contributed by atoms with Crippen LogP contribution in [-0.4, -0.2) is 23.1 Å². The average Bonchev–Trinajstić information content (AvgIpc) is 2.65. The first-order valence-electron chi connectivity index (χ1n) is 8.49. The Balaban J connectivity index is 1.47. The Hall–Kier alpha value is -3.02. The van der Waals surface area contributed by atoms with Crippen molar-refractivity contribution in [3.63, 3.8) is 0 Å². The fourth-order valence-corrected chi connectivity index (χ4v) is 2.54. The summed E-state index contributed by atoms with van der Waals surface area (Å²) in [5.74, 6) is 0.767. The third-order valence-electron chi connectivity index (χ3n) is 3.92. The lowest BCUT2D eigenvalue weighted by Crippen LogP contribution is -2.11. The molecule has 26 heavy (non-hydrogen) atoms. The molecule has 0 fully saturated rings. The fourth-order valence-electron chi connectivity index (χ4n) is 2.54. The molecule has 0 atom stereocenters. The molecular formula is C20H20F2N4. The van der Waals surface area contributed by atoms with E-state index < -0.39 is 0 Å². The first-order chi connectivity index (χ1) is 12.7. The number of nitrogens with zero attached hydrogens (tertiary/aromatic N) is 2. The van der Waals surface area contributed by atoms with E-state index in [0.29, 0.717) is 36.8 Å². The topological polar surface area (TPSA) is 49.8 Å². The number of hydrogen-bond donors (Lipinski definition) is 2. The van der Waals surface area contributed by atoms with E-state index in [9.17, 15) is 8.78 Å². The zero-order chi connectivity index (χ0) is 18.2. The van der Waals surface area contributed by atoms with Gasteiger partial charge in [0.25, 0.3) is 0 Å². The van der Waals surface area contributed by atoms with Gasteiger partial charge in [0.15, 0.2) is 0 Å². The van der Waals surface area contributed by atoms with Crippen molar-refractivity contribution in [3.05, 3.63) is 83.6 Å². The quantitative estimate of drug-likeness (QED) is 0.640. The molecular weight excluding hydrogens is 334 g/mol. The highest BCUT2D eigenvalue weighted by Crippen LogP contribution is 2.10. The standard InChI is InChI=1S/C20H20F2N4/c21-17-7-5-15(6-8-17)9-12-24-20-25-14-11-19(26-20)23-13-10-16-3-1-2-4-18(16)22/h1-8,11,14H,9-10,12-13H2,(H2,23,24,25,26). The Morgan fingerprint density at radius 2 is 1.58 bits per heavy atom. The molecule has 0 saturated carbocycles. The molecule has 0 amide bonds. The summed E-state index contributed by atoms with van der Waals surface area (Å²) in [5.41, 5.74) is 1.71. The Bertz CT molecular complexity index is 837. The molecule has 1 heterocycles. The second kappa shape index (κ2) is 8.89. The van der Waals surface area contributed by atoms with E-state index in [1.165, 1.54) is 18.2 Å². The third kappa shape index (κ3) is 5.24. The predicted octanol–water partition coefficient (Wildman–Crippen LogP) is 4.06. The SMILES string of the molecule is Fc1ccc(CCNc2nccc(NCCc3ccccc3F)n2)cc1. The van der Waals surface area contributed by atoms with Crippen molar-refractivity contribution in [2.24, 2.45) is 0 Å². The summed E-state index contributed by atoms with van der Waals surface area (Å²) < 4.78 is 26.5. The van der Waals surface area contributed by atoms with E-state index >= 15 is 0 Å². The Morgan fingerprint density at radius 1 is 0.808 bits per heavy atom. The molecule has 0 saturated heterocycles. The van der Waals surface area contributed by atoms with Crippen LogP contribution in [0, 0.1) is 11.6 Å². The minimum atomic E-state index is -0.237. The predicted molar refractivity (Wildman–Crippen MR) is 99.2 cm³/mol. The second-order valence-electron chi connectivity index (χ2n) is 5.84. The Morgan fingerprint density at radius 3 is 2.38 bits per heavy atom. The summed E-state index contributed by atoms with van der Waals surface area (Å²) in [6.45, 7) is 1.22. The molecule has 4 nitrogen and oxygen atoms in total. The average molecular weight is 354 g/mol. The number of nitrogens with one attached hydrogen (secondary N) is 2. The normalized spacial score (nSPS) is 10.5. The lowest BCUT2D eigenvalue weighted by atomic mass is 10.1. The van der Waals surface area contributed by atoms with Gasteiger partial charge < -0.3 is 10.6 Å². The van der Waals surface area contributed by atoms with Crippen LogP contribution < -0.4 is 10.6 Å². The maximum atomic E-state index is 13.6. The van der Waals surface area contributed by atoms with Gasteiger partial charge in [-0.2, -0.15) is 4.98 Å². The molecule has 0 unspecified atom stereocenters. The zero-order valence-corrected chi connectivity index (χ0v) is 14.3. The van der Waals surface area contributed by atoms with Crippen LogP contribution in [0.3, 0.4) is 0 Å². The summed E-state index contributed by atoms with van der Waals surface area (Å²) >= 11 is 0. The molecule has 0 aliphatic carbocycles. The van der Waals surface area contributed by atoms with Gasteiger partial charge in [0.05, 0.1) is 0 Å². The van der Waals surface area contributed by atoms with Crippen LogP contribution in [0.4, 0.5) is 20.5 Å². The molecule has 134 valence electrons. The van der Waals surface area contributed by atoms with Crippen molar-refractivity contribution >= 4 is 11.8 Å². The molecule has 2 aromatic carbocycles. The molecule has 2 N–H and O–H groups in total.